The molecule has 0 unspecified atom stereocenters. The number of carbonyl (C=O) groups is 1. The lowest BCUT2D eigenvalue weighted by molar-refractivity contribution is 0.00578. The highest BCUT2D eigenvalue weighted by Crippen LogP contribution is 2.36. The number of halogens is 1. The molecule has 1 aromatic rings. The molecule has 1 aliphatic heterocycles. The van der Waals surface area contributed by atoms with Gasteiger partial charge in [-0.3, -0.25) is 4.79 Å². The highest BCUT2D eigenvalue weighted by molar-refractivity contribution is 6.62. The highest BCUT2D eigenvalue weighted by atomic mass is 19.1. The van der Waals surface area contributed by atoms with E-state index in [1.807, 2.05) is 27.7 Å². The third-order valence-corrected chi connectivity index (χ3v) is 3.68. The molecule has 3 nitrogen and oxygen atoms in total. The van der Waals surface area contributed by atoms with E-state index in [1.54, 1.807) is 6.07 Å². The van der Waals surface area contributed by atoms with Crippen molar-refractivity contribution in [1.29, 1.82) is 0 Å². The fourth-order valence-corrected chi connectivity index (χ4v) is 1.76. The molecule has 0 aliphatic carbocycles. The molecule has 0 aromatic heterocycles. The van der Waals surface area contributed by atoms with Crippen molar-refractivity contribution >= 4 is 18.9 Å². The minimum Gasteiger partial charge on any atom is -0.399 e. The zero-order valence-corrected chi connectivity index (χ0v) is 11.0. The average molecular weight is 250 g/mol. The van der Waals surface area contributed by atoms with E-state index >= 15 is 0 Å². The van der Waals surface area contributed by atoms with Crippen LogP contribution in [-0.2, 0) is 9.31 Å². The van der Waals surface area contributed by atoms with E-state index in [1.165, 1.54) is 12.1 Å². The van der Waals surface area contributed by atoms with Gasteiger partial charge in [-0.15, -0.1) is 0 Å². The summed E-state index contributed by atoms with van der Waals surface area (Å²) in [7, 11) is -0.606. The molecule has 0 atom stereocenters. The van der Waals surface area contributed by atoms with Crippen LogP contribution >= 0.6 is 0 Å². The topological polar surface area (TPSA) is 35.5 Å². The molecule has 18 heavy (non-hydrogen) atoms. The summed E-state index contributed by atoms with van der Waals surface area (Å²) >= 11 is 0. The average Bonchev–Trinajstić information content (AvgIpc) is 2.48. The number of carbonyl (C=O) groups excluding carboxylic acids is 1. The fourth-order valence-electron chi connectivity index (χ4n) is 1.76. The van der Waals surface area contributed by atoms with Crippen molar-refractivity contribution in [3.8, 4) is 0 Å². The van der Waals surface area contributed by atoms with Gasteiger partial charge in [0.05, 0.1) is 11.2 Å². The van der Waals surface area contributed by atoms with Crippen molar-refractivity contribution in [2.45, 2.75) is 38.9 Å². The van der Waals surface area contributed by atoms with Crippen LogP contribution in [0.25, 0.3) is 0 Å². The Morgan fingerprint density at radius 2 is 1.72 bits per heavy atom. The van der Waals surface area contributed by atoms with Crippen LogP contribution in [0.2, 0.25) is 0 Å². The second kappa shape index (κ2) is 4.18. The van der Waals surface area contributed by atoms with E-state index in [2.05, 4.69) is 0 Å². The van der Waals surface area contributed by atoms with Crippen LogP contribution in [0.15, 0.2) is 18.2 Å². The Bertz CT molecular complexity index is 469. The summed E-state index contributed by atoms with van der Waals surface area (Å²) in [4.78, 5) is 10.6. The van der Waals surface area contributed by atoms with Gasteiger partial charge in [0.15, 0.2) is 6.29 Å². The number of rotatable bonds is 2. The van der Waals surface area contributed by atoms with Crippen molar-refractivity contribution in [3.05, 3.63) is 29.6 Å². The number of hydrogen-bond donors (Lipinski definition) is 0. The Kier molecular flexibility index (Phi) is 3.07. The van der Waals surface area contributed by atoms with Crippen molar-refractivity contribution in [2.75, 3.05) is 0 Å². The molecule has 5 heteroatoms. The summed E-state index contributed by atoms with van der Waals surface area (Å²) < 4.78 is 25.1. The van der Waals surface area contributed by atoms with E-state index in [0.29, 0.717) is 11.7 Å². The molecule has 0 spiro atoms. The fraction of sp³-hybridized carbons (Fsp3) is 0.462. The molecule has 2 rings (SSSR count). The zero-order valence-electron chi connectivity index (χ0n) is 11.0. The SMILES string of the molecule is CC1(C)OB(c2ccc(C=O)c(F)c2)OC1(C)C. The normalized spacial score (nSPS) is 21.1. The van der Waals surface area contributed by atoms with E-state index < -0.39 is 24.1 Å². The van der Waals surface area contributed by atoms with E-state index in [4.69, 9.17) is 9.31 Å². The van der Waals surface area contributed by atoms with Gasteiger partial charge in [0, 0.05) is 5.56 Å². The first-order valence-electron chi connectivity index (χ1n) is 5.87. The lowest BCUT2D eigenvalue weighted by Crippen LogP contribution is -2.41. The first-order chi connectivity index (χ1) is 8.27. The summed E-state index contributed by atoms with van der Waals surface area (Å²) in [6.07, 6.45) is 0.489. The molecule has 1 heterocycles. The van der Waals surface area contributed by atoms with Crippen LogP contribution in [0.3, 0.4) is 0 Å². The Morgan fingerprint density at radius 3 is 2.17 bits per heavy atom. The van der Waals surface area contributed by atoms with Gasteiger partial charge >= 0.3 is 7.12 Å². The summed E-state index contributed by atoms with van der Waals surface area (Å²) in [5, 5.41) is 0. The molecule has 0 N–H and O–H groups in total. The van der Waals surface area contributed by atoms with Gasteiger partial charge < -0.3 is 9.31 Å². The van der Waals surface area contributed by atoms with Crippen molar-refractivity contribution in [3.63, 3.8) is 0 Å². The number of hydrogen-bond acceptors (Lipinski definition) is 3. The van der Waals surface area contributed by atoms with Crippen LogP contribution in [-0.4, -0.2) is 24.6 Å². The molecular formula is C13H16BFO3. The Labute approximate surface area is 106 Å². The molecular weight excluding hydrogens is 234 g/mol. The second-order valence-corrected chi connectivity index (χ2v) is 5.49. The minimum absolute atomic E-state index is 0.0373. The van der Waals surface area contributed by atoms with Crippen molar-refractivity contribution in [1.82, 2.24) is 0 Å². The van der Waals surface area contributed by atoms with E-state index in [-0.39, 0.29) is 5.56 Å². The van der Waals surface area contributed by atoms with Gasteiger partial charge in [0.2, 0.25) is 0 Å². The minimum atomic E-state index is -0.606. The molecule has 96 valence electrons. The Hall–Kier alpha value is -1.20. The summed E-state index contributed by atoms with van der Waals surface area (Å²) in [6, 6.07) is 4.36. The van der Waals surface area contributed by atoms with E-state index in [9.17, 15) is 9.18 Å². The second-order valence-electron chi connectivity index (χ2n) is 5.49. The largest absolute Gasteiger partial charge is 0.494 e. The highest BCUT2D eigenvalue weighted by Gasteiger charge is 2.51. The van der Waals surface area contributed by atoms with Crippen LogP contribution in [0.4, 0.5) is 4.39 Å². The lowest BCUT2D eigenvalue weighted by atomic mass is 9.79. The molecule has 0 amide bonds. The van der Waals surface area contributed by atoms with Gasteiger partial charge in [-0.05, 0) is 45.3 Å². The molecule has 1 saturated heterocycles. The predicted octanol–water partition coefficient (Wildman–Crippen LogP) is 1.94. The van der Waals surface area contributed by atoms with Crippen LogP contribution in [0.1, 0.15) is 38.1 Å². The number of benzene rings is 1. The van der Waals surface area contributed by atoms with Crippen LogP contribution in [0.5, 0.6) is 0 Å². The van der Waals surface area contributed by atoms with Gasteiger partial charge in [-0.25, -0.2) is 4.39 Å². The maximum atomic E-state index is 13.5. The van der Waals surface area contributed by atoms with E-state index in [0.717, 1.165) is 0 Å². The molecule has 1 aromatic carbocycles. The third kappa shape index (κ3) is 2.08. The van der Waals surface area contributed by atoms with Crippen molar-refractivity contribution in [2.24, 2.45) is 0 Å². The summed E-state index contributed by atoms with van der Waals surface area (Å²) in [6.45, 7) is 7.73. The first kappa shape index (κ1) is 13.2. The maximum Gasteiger partial charge on any atom is 0.494 e. The molecule has 1 fully saturated rings. The molecule has 1 aliphatic rings. The Balaban J connectivity index is 2.30. The van der Waals surface area contributed by atoms with Crippen LogP contribution in [0, 0.1) is 5.82 Å². The molecule has 0 bridgehead atoms. The van der Waals surface area contributed by atoms with Crippen molar-refractivity contribution < 1.29 is 18.5 Å². The van der Waals surface area contributed by atoms with Gasteiger partial charge in [0.25, 0.3) is 0 Å². The quantitative estimate of drug-likeness (QED) is 0.594. The van der Waals surface area contributed by atoms with Gasteiger partial charge in [-0.1, -0.05) is 6.07 Å². The number of aldehydes is 1. The Morgan fingerprint density at radius 1 is 1.17 bits per heavy atom. The third-order valence-electron chi connectivity index (χ3n) is 3.68. The van der Waals surface area contributed by atoms with Gasteiger partial charge in [0.1, 0.15) is 5.82 Å². The van der Waals surface area contributed by atoms with Crippen LogP contribution < -0.4 is 5.46 Å². The molecule has 0 saturated carbocycles. The summed E-state index contributed by atoms with van der Waals surface area (Å²) in [5.41, 5.74) is -0.304. The monoisotopic (exact) mass is 250 g/mol. The summed E-state index contributed by atoms with van der Waals surface area (Å²) in [5.74, 6) is -0.558. The van der Waals surface area contributed by atoms with Gasteiger partial charge in [-0.2, -0.15) is 0 Å². The smallest absolute Gasteiger partial charge is 0.399 e. The standard InChI is InChI=1S/C13H16BFO3/c1-12(2)13(3,4)18-14(17-12)10-6-5-9(8-16)11(15)7-10/h5-8H,1-4H3. The zero-order chi connectivity index (χ0) is 13.6. The maximum absolute atomic E-state index is 13.5. The lowest BCUT2D eigenvalue weighted by Gasteiger charge is -2.32. The first-order valence-corrected chi connectivity index (χ1v) is 5.87. The predicted molar refractivity (Wildman–Crippen MR) is 67.5 cm³/mol. The molecule has 0 radical (unpaired) electrons.